The van der Waals surface area contributed by atoms with Crippen LogP contribution in [0.15, 0.2) is 65.3 Å². The zero-order chi connectivity index (χ0) is 22.4. The number of hydrogen-bond acceptors (Lipinski definition) is 5. The van der Waals surface area contributed by atoms with Gasteiger partial charge in [-0.3, -0.25) is 14.9 Å². The number of hydrogen-bond donors (Lipinski definition) is 0. The Labute approximate surface area is 185 Å². The summed E-state index contributed by atoms with van der Waals surface area (Å²) in [6.45, 7) is 2.23. The van der Waals surface area contributed by atoms with Crippen molar-refractivity contribution in [1.29, 1.82) is 0 Å². The van der Waals surface area contributed by atoms with Crippen molar-refractivity contribution < 1.29 is 18.9 Å². The van der Waals surface area contributed by atoms with Gasteiger partial charge >= 0.3 is 0 Å². The molecule has 2 aromatic carbocycles. The molecule has 1 heterocycles. The van der Waals surface area contributed by atoms with Crippen LogP contribution in [0.1, 0.15) is 35.0 Å². The van der Waals surface area contributed by atoms with Gasteiger partial charge in [-0.15, -0.1) is 0 Å². The number of halogens is 1. The van der Waals surface area contributed by atoms with Crippen LogP contribution in [0, 0.1) is 10.1 Å². The molecule has 0 saturated heterocycles. The highest BCUT2D eigenvalue weighted by molar-refractivity contribution is 6.32. The van der Waals surface area contributed by atoms with Gasteiger partial charge in [0.1, 0.15) is 18.1 Å². The fraction of sp³-hybridized carbons (Fsp3) is 0.261. The minimum atomic E-state index is -0.514. The van der Waals surface area contributed by atoms with Gasteiger partial charge in [-0.05, 0) is 49.2 Å². The Kier molecular flexibility index (Phi) is 7.31. The van der Waals surface area contributed by atoms with E-state index in [4.69, 9.17) is 20.8 Å². The average molecular weight is 443 g/mol. The molecule has 0 fully saturated rings. The van der Waals surface area contributed by atoms with Crippen LogP contribution in [0.4, 0.5) is 5.69 Å². The molecule has 162 valence electrons. The van der Waals surface area contributed by atoms with E-state index in [1.165, 1.54) is 18.2 Å². The molecule has 0 aliphatic heterocycles. The molecule has 31 heavy (non-hydrogen) atoms. The van der Waals surface area contributed by atoms with Crippen molar-refractivity contribution in [2.45, 2.75) is 32.4 Å². The maximum Gasteiger partial charge on any atom is 0.271 e. The second-order valence-corrected chi connectivity index (χ2v) is 7.65. The average Bonchev–Trinajstić information content (AvgIpc) is 3.29. The number of furan rings is 1. The third-order valence-corrected chi connectivity index (χ3v) is 5.39. The molecule has 8 heteroatoms. The van der Waals surface area contributed by atoms with Crippen LogP contribution in [0.25, 0.3) is 0 Å². The molecule has 7 nitrogen and oxygen atoms in total. The van der Waals surface area contributed by atoms with Crippen LogP contribution in [-0.2, 0) is 13.0 Å². The highest BCUT2D eigenvalue weighted by atomic mass is 35.5. The maximum absolute atomic E-state index is 12.8. The lowest BCUT2D eigenvalue weighted by Crippen LogP contribution is -2.35. The van der Waals surface area contributed by atoms with E-state index in [1.54, 1.807) is 30.3 Å². The first kappa shape index (κ1) is 22.4. The van der Waals surface area contributed by atoms with Gasteiger partial charge in [0.05, 0.1) is 16.2 Å². The van der Waals surface area contributed by atoms with Gasteiger partial charge in [-0.1, -0.05) is 23.7 Å². The zero-order valence-electron chi connectivity index (χ0n) is 17.3. The SMILES string of the molecule is C[C@H](CCc1ccco1)N(C)C(=O)c1ccc(COc2ccc([N+](=O)[O-])cc2Cl)cc1. The summed E-state index contributed by atoms with van der Waals surface area (Å²) in [5.74, 6) is 1.21. The van der Waals surface area contributed by atoms with E-state index in [0.29, 0.717) is 11.3 Å². The molecule has 3 aromatic rings. The Morgan fingerprint density at radius 3 is 2.58 bits per heavy atom. The summed E-state index contributed by atoms with van der Waals surface area (Å²) in [5, 5.41) is 11.0. The van der Waals surface area contributed by atoms with Gasteiger partial charge < -0.3 is 14.1 Å². The largest absolute Gasteiger partial charge is 0.487 e. The molecule has 1 amide bonds. The Balaban J connectivity index is 1.55. The molecule has 0 saturated carbocycles. The predicted molar refractivity (Wildman–Crippen MR) is 117 cm³/mol. The van der Waals surface area contributed by atoms with Crippen LogP contribution in [-0.4, -0.2) is 28.8 Å². The van der Waals surface area contributed by atoms with Gasteiger partial charge in [0.2, 0.25) is 0 Å². The maximum atomic E-state index is 12.8. The number of amides is 1. The minimum Gasteiger partial charge on any atom is -0.487 e. The Morgan fingerprint density at radius 1 is 1.23 bits per heavy atom. The summed E-state index contributed by atoms with van der Waals surface area (Å²) >= 11 is 6.04. The summed E-state index contributed by atoms with van der Waals surface area (Å²) in [4.78, 5) is 24.8. The normalized spacial score (nSPS) is 11.7. The van der Waals surface area contributed by atoms with Gasteiger partial charge in [-0.25, -0.2) is 0 Å². The third kappa shape index (κ3) is 5.86. The highest BCUT2D eigenvalue weighted by Gasteiger charge is 2.18. The van der Waals surface area contributed by atoms with Crippen molar-refractivity contribution in [1.82, 2.24) is 4.90 Å². The predicted octanol–water partition coefficient (Wildman–Crippen LogP) is 5.51. The quantitative estimate of drug-likeness (QED) is 0.322. The number of benzene rings is 2. The van der Waals surface area contributed by atoms with Crippen molar-refractivity contribution in [2.24, 2.45) is 0 Å². The zero-order valence-corrected chi connectivity index (χ0v) is 18.0. The topological polar surface area (TPSA) is 85.8 Å². The number of carbonyl (C=O) groups is 1. The van der Waals surface area contributed by atoms with Gasteiger partial charge in [-0.2, -0.15) is 0 Å². The number of rotatable bonds is 9. The smallest absolute Gasteiger partial charge is 0.271 e. The van der Waals surface area contributed by atoms with Crippen molar-refractivity contribution in [3.63, 3.8) is 0 Å². The number of nitrogens with zero attached hydrogens (tertiary/aromatic N) is 2. The standard InChI is InChI=1S/C23H23ClN2O5/c1-16(5-11-20-4-3-13-30-20)25(2)23(27)18-8-6-17(7-9-18)15-31-22-12-10-19(26(28)29)14-21(22)24/h3-4,6-10,12-14,16H,5,11,15H2,1-2H3/t16-/m1/s1. The van der Waals surface area contributed by atoms with Gasteiger partial charge in [0.15, 0.2) is 0 Å². The molecule has 1 aromatic heterocycles. The number of ether oxygens (including phenoxy) is 1. The van der Waals surface area contributed by atoms with Gasteiger partial charge in [0, 0.05) is 37.2 Å². The number of non-ortho nitro benzene ring substituents is 1. The van der Waals surface area contributed by atoms with E-state index in [-0.39, 0.29) is 29.3 Å². The first-order valence-corrected chi connectivity index (χ1v) is 10.2. The molecule has 0 unspecified atom stereocenters. The number of aryl methyl sites for hydroxylation is 1. The second kappa shape index (κ2) is 10.1. The van der Waals surface area contributed by atoms with Crippen molar-refractivity contribution in [3.05, 3.63) is 92.9 Å². The molecule has 0 bridgehead atoms. The van der Waals surface area contributed by atoms with E-state index >= 15 is 0 Å². The summed E-state index contributed by atoms with van der Waals surface area (Å²) in [5.41, 5.74) is 1.34. The van der Waals surface area contributed by atoms with E-state index in [2.05, 4.69) is 0 Å². The van der Waals surface area contributed by atoms with E-state index in [1.807, 2.05) is 31.2 Å². The first-order chi connectivity index (χ1) is 14.8. The van der Waals surface area contributed by atoms with Crippen molar-refractivity contribution in [2.75, 3.05) is 7.05 Å². The molecular formula is C23H23ClN2O5. The third-order valence-electron chi connectivity index (χ3n) is 5.09. The second-order valence-electron chi connectivity index (χ2n) is 7.24. The van der Waals surface area contributed by atoms with Crippen molar-refractivity contribution >= 4 is 23.2 Å². The molecule has 1 atom stereocenters. The fourth-order valence-electron chi connectivity index (χ4n) is 3.03. The Bertz CT molecular complexity index is 1030. The van der Waals surface area contributed by atoms with E-state index in [9.17, 15) is 14.9 Å². The summed E-state index contributed by atoms with van der Waals surface area (Å²) < 4.78 is 11.0. The minimum absolute atomic E-state index is 0.0576. The lowest BCUT2D eigenvalue weighted by Gasteiger charge is -2.25. The molecule has 0 aliphatic rings. The lowest BCUT2D eigenvalue weighted by atomic mass is 10.1. The molecule has 0 N–H and O–H groups in total. The Morgan fingerprint density at radius 2 is 1.97 bits per heavy atom. The molecule has 0 aliphatic carbocycles. The molecule has 0 spiro atoms. The summed E-state index contributed by atoms with van der Waals surface area (Å²) in [6.07, 6.45) is 3.22. The van der Waals surface area contributed by atoms with Crippen LogP contribution in [0.5, 0.6) is 5.75 Å². The van der Waals surface area contributed by atoms with Crippen LogP contribution in [0.2, 0.25) is 5.02 Å². The highest BCUT2D eigenvalue weighted by Crippen LogP contribution is 2.29. The first-order valence-electron chi connectivity index (χ1n) is 9.80. The van der Waals surface area contributed by atoms with E-state index < -0.39 is 4.92 Å². The van der Waals surface area contributed by atoms with Gasteiger partial charge in [0.25, 0.3) is 11.6 Å². The number of carbonyl (C=O) groups excluding carboxylic acids is 1. The van der Waals surface area contributed by atoms with Crippen molar-refractivity contribution in [3.8, 4) is 5.75 Å². The van der Waals surface area contributed by atoms with Crippen LogP contribution in [0.3, 0.4) is 0 Å². The number of nitro benzene ring substituents is 1. The molecular weight excluding hydrogens is 420 g/mol. The monoisotopic (exact) mass is 442 g/mol. The fourth-order valence-corrected chi connectivity index (χ4v) is 3.26. The number of nitro groups is 1. The van der Waals surface area contributed by atoms with Crippen LogP contribution >= 0.6 is 11.6 Å². The molecule has 0 radical (unpaired) electrons. The van der Waals surface area contributed by atoms with E-state index in [0.717, 1.165) is 24.2 Å². The summed E-state index contributed by atoms with van der Waals surface area (Å²) in [6, 6.07) is 15.1. The molecule has 3 rings (SSSR count). The van der Waals surface area contributed by atoms with Crippen LogP contribution < -0.4 is 4.74 Å². The summed E-state index contributed by atoms with van der Waals surface area (Å²) in [7, 11) is 1.79. The lowest BCUT2D eigenvalue weighted by molar-refractivity contribution is -0.384. The Hall–Kier alpha value is -3.32.